The molecule has 0 saturated carbocycles. The van der Waals surface area contributed by atoms with Crippen molar-refractivity contribution in [3.8, 4) is 0 Å². The van der Waals surface area contributed by atoms with Crippen molar-refractivity contribution in [2.24, 2.45) is 7.05 Å². The molecule has 1 atom stereocenters. The number of aromatic nitrogens is 2. The Balaban J connectivity index is 0.00000261. The zero-order chi connectivity index (χ0) is 18.7. The van der Waals surface area contributed by atoms with E-state index in [9.17, 15) is 4.79 Å². The number of carbonyl (C=O) groups excluding carboxylic acids is 1. The van der Waals surface area contributed by atoms with Gasteiger partial charge >= 0.3 is 0 Å². The molecule has 2 aromatic rings. The maximum atomic E-state index is 12.9. The average molecular weight is 409 g/mol. The number of hydrogen-bond donors (Lipinski definition) is 1. The van der Waals surface area contributed by atoms with Gasteiger partial charge in [-0.1, -0.05) is 32.9 Å². The summed E-state index contributed by atoms with van der Waals surface area (Å²) in [6.07, 6.45) is 3.72. The summed E-state index contributed by atoms with van der Waals surface area (Å²) >= 11 is 1.61. The maximum absolute atomic E-state index is 12.9. The lowest BCUT2D eigenvalue weighted by molar-refractivity contribution is -0.131. The normalized spacial score (nSPS) is 17.5. The zero-order valence-electron chi connectivity index (χ0n) is 16.4. The van der Waals surface area contributed by atoms with E-state index in [1.165, 1.54) is 5.56 Å². The Morgan fingerprint density at radius 3 is 2.59 bits per heavy atom. The summed E-state index contributed by atoms with van der Waals surface area (Å²) in [6.45, 7) is 8.93. The monoisotopic (exact) mass is 408 g/mol. The molecule has 0 spiro atoms. The van der Waals surface area contributed by atoms with Crippen LogP contribution in [0.25, 0.3) is 0 Å². The molecule has 7 heteroatoms. The Morgan fingerprint density at radius 1 is 1.30 bits per heavy atom. The van der Waals surface area contributed by atoms with E-state index in [1.807, 2.05) is 22.7 Å². The van der Waals surface area contributed by atoms with Gasteiger partial charge in [0.1, 0.15) is 11.9 Å². The molecule has 27 heavy (non-hydrogen) atoms. The van der Waals surface area contributed by atoms with Gasteiger partial charge in [0.25, 0.3) is 0 Å². The molecule has 1 aliphatic heterocycles. The van der Waals surface area contributed by atoms with E-state index in [-0.39, 0.29) is 29.8 Å². The second-order valence-electron chi connectivity index (χ2n) is 7.77. The van der Waals surface area contributed by atoms with Gasteiger partial charge in [-0.05, 0) is 23.1 Å². The first-order valence-electron chi connectivity index (χ1n) is 9.07. The quantitative estimate of drug-likeness (QED) is 0.787. The van der Waals surface area contributed by atoms with Crippen LogP contribution >= 0.6 is 24.2 Å². The second kappa shape index (κ2) is 9.13. The van der Waals surface area contributed by atoms with Crippen molar-refractivity contribution in [2.75, 3.05) is 25.4 Å². The molecular formula is C20H29ClN4OS. The fourth-order valence-corrected chi connectivity index (χ4v) is 4.00. The first-order chi connectivity index (χ1) is 12.4. The molecule has 1 amide bonds. The molecule has 1 aromatic carbocycles. The van der Waals surface area contributed by atoms with Gasteiger partial charge in [0, 0.05) is 44.0 Å². The summed E-state index contributed by atoms with van der Waals surface area (Å²) in [5.41, 5.74) is 1.46. The maximum Gasteiger partial charge on any atom is 0.233 e. The minimum atomic E-state index is 0. The Hall–Kier alpha value is -1.50. The van der Waals surface area contributed by atoms with Crippen LogP contribution < -0.4 is 5.32 Å². The number of nitrogens with zero attached hydrogens (tertiary/aromatic N) is 3. The van der Waals surface area contributed by atoms with Crippen LogP contribution in [0, 0.1) is 0 Å². The lowest BCUT2D eigenvalue weighted by atomic mass is 9.87. The molecule has 148 valence electrons. The first kappa shape index (κ1) is 21.8. The number of halogens is 1. The summed E-state index contributed by atoms with van der Waals surface area (Å²) in [5, 5.41) is 3.38. The van der Waals surface area contributed by atoms with Crippen LogP contribution in [-0.2, 0) is 17.3 Å². The number of rotatable bonds is 4. The Morgan fingerprint density at radius 2 is 2.00 bits per heavy atom. The summed E-state index contributed by atoms with van der Waals surface area (Å²) in [4.78, 5) is 20.4. The topological polar surface area (TPSA) is 50.2 Å². The van der Waals surface area contributed by atoms with Gasteiger partial charge in [-0.3, -0.25) is 4.79 Å². The van der Waals surface area contributed by atoms with Crippen molar-refractivity contribution >= 4 is 30.1 Å². The molecule has 0 aliphatic carbocycles. The Bertz CT molecular complexity index is 754. The van der Waals surface area contributed by atoms with Gasteiger partial charge in [0.2, 0.25) is 5.91 Å². The van der Waals surface area contributed by atoms with Crippen molar-refractivity contribution in [2.45, 2.75) is 37.1 Å². The van der Waals surface area contributed by atoms with Gasteiger partial charge < -0.3 is 14.8 Å². The van der Waals surface area contributed by atoms with E-state index in [4.69, 9.17) is 0 Å². The second-order valence-corrected chi connectivity index (χ2v) is 8.82. The highest BCUT2D eigenvalue weighted by Crippen LogP contribution is 2.27. The number of benzene rings is 1. The molecule has 3 rings (SSSR count). The number of thioether (sulfide) groups is 1. The summed E-state index contributed by atoms with van der Waals surface area (Å²) in [6, 6.07) is 8.56. The fourth-order valence-electron chi connectivity index (χ4n) is 3.21. The van der Waals surface area contributed by atoms with Crippen molar-refractivity contribution in [1.29, 1.82) is 0 Å². The van der Waals surface area contributed by atoms with Crippen LogP contribution in [0.1, 0.15) is 38.2 Å². The van der Waals surface area contributed by atoms with E-state index < -0.39 is 0 Å². The molecular weight excluding hydrogens is 380 g/mol. The van der Waals surface area contributed by atoms with E-state index in [1.54, 1.807) is 18.0 Å². The van der Waals surface area contributed by atoms with Crippen LogP contribution in [-0.4, -0.2) is 45.7 Å². The molecule has 0 bridgehead atoms. The van der Waals surface area contributed by atoms with E-state index >= 15 is 0 Å². The molecule has 0 radical (unpaired) electrons. The lowest BCUT2D eigenvalue weighted by Crippen LogP contribution is -2.50. The number of imidazole rings is 1. The molecule has 5 nitrogen and oxygen atoms in total. The lowest BCUT2D eigenvalue weighted by Gasteiger charge is -2.35. The molecule has 1 N–H and O–H groups in total. The number of piperazine rings is 1. The number of hydrogen-bond acceptors (Lipinski definition) is 4. The predicted octanol–water partition coefficient (Wildman–Crippen LogP) is 3.40. The third kappa shape index (κ3) is 5.27. The van der Waals surface area contributed by atoms with E-state index in [0.29, 0.717) is 5.75 Å². The van der Waals surface area contributed by atoms with Crippen molar-refractivity contribution < 1.29 is 4.79 Å². The molecule has 1 aliphatic rings. The van der Waals surface area contributed by atoms with Crippen LogP contribution in [0.3, 0.4) is 0 Å². The van der Waals surface area contributed by atoms with E-state index in [2.05, 4.69) is 55.3 Å². The van der Waals surface area contributed by atoms with Crippen molar-refractivity contribution in [3.63, 3.8) is 0 Å². The molecule has 1 fully saturated rings. The van der Waals surface area contributed by atoms with Gasteiger partial charge in [-0.15, -0.1) is 24.2 Å². The highest BCUT2D eigenvalue weighted by molar-refractivity contribution is 8.00. The van der Waals surface area contributed by atoms with Gasteiger partial charge in [0.05, 0.1) is 5.75 Å². The van der Waals surface area contributed by atoms with Crippen molar-refractivity contribution in [1.82, 2.24) is 19.8 Å². The Kier molecular flexibility index (Phi) is 7.37. The highest BCUT2D eigenvalue weighted by atomic mass is 35.5. The van der Waals surface area contributed by atoms with Gasteiger partial charge in [-0.25, -0.2) is 4.98 Å². The molecule has 1 unspecified atom stereocenters. The van der Waals surface area contributed by atoms with Crippen LogP contribution in [0.15, 0.2) is 41.6 Å². The van der Waals surface area contributed by atoms with Crippen LogP contribution in [0.2, 0.25) is 0 Å². The third-order valence-corrected chi connectivity index (χ3v) is 5.80. The minimum Gasteiger partial charge on any atom is -0.336 e. The molecule has 2 heterocycles. The largest absolute Gasteiger partial charge is 0.336 e. The van der Waals surface area contributed by atoms with E-state index in [0.717, 1.165) is 30.4 Å². The Labute approximate surface area is 172 Å². The van der Waals surface area contributed by atoms with Crippen molar-refractivity contribution in [3.05, 3.63) is 48.0 Å². The highest BCUT2D eigenvalue weighted by Gasteiger charge is 2.30. The zero-order valence-corrected chi connectivity index (χ0v) is 18.1. The number of nitrogens with one attached hydrogen (secondary N) is 1. The smallest absolute Gasteiger partial charge is 0.233 e. The molecule has 1 saturated heterocycles. The van der Waals surface area contributed by atoms with Gasteiger partial charge in [0.15, 0.2) is 0 Å². The first-order valence-corrected chi connectivity index (χ1v) is 10.1. The summed E-state index contributed by atoms with van der Waals surface area (Å²) < 4.78 is 2.00. The van der Waals surface area contributed by atoms with Crippen LogP contribution in [0.4, 0.5) is 0 Å². The summed E-state index contributed by atoms with van der Waals surface area (Å²) in [7, 11) is 1.98. The third-order valence-electron chi connectivity index (χ3n) is 4.80. The fraction of sp³-hybridized carbons (Fsp3) is 0.500. The number of carbonyl (C=O) groups is 1. The predicted molar refractivity (Wildman–Crippen MR) is 114 cm³/mol. The SMILES string of the molecule is Cl.Cn1ccnc1C1CNCCN1C(=O)CSc1ccc(C(C)(C)C)cc1. The average Bonchev–Trinajstić information content (AvgIpc) is 3.05. The standard InChI is InChI=1S/C20H28N4OS.ClH/c1-20(2,3)15-5-7-16(8-6-15)26-14-18(25)24-12-9-21-13-17(24)19-22-10-11-23(19)4;/h5-8,10-11,17,21H,9,12-14H2,1-4H3;1H. The van der Waals surface area contributed by atoms with Gasteiger partial charge in [-0.2, -0.15) is 0 Å². The number of amides is 1. The van der Waals surface area contributed by atoms with Crippen LogP contribution in [0.5, 0.6) is 0 Å². The number of aryl methyl sites for hydroxylation is 1. The molecule has 1 aromatic heterocycles. The minimum absolute atomic E-state index is 0. The summed E-state index contributed by atoms with van der Waals surface area (Å²) in [5.74, 6) is 1.56.